The number of piperidine rings is 1. The smallest absolute Gasteiger partial charge is 0.348 e. The van der Waals surface area contributed by atoms with E-state index in [0.29, 0.717) is 24.1 Å². The van der Waals surface area contributed by atoms with Gasteiger partial charge in [-0.25, -0.2) is 14.8 Å². The molecule has 2 atom stereocenters. The van der Waals surface area contributed by atoms with Crippen molar-refractivity contribution in [2.75, 3.05) is 38.2 Å². The number of hydrogen-bond acceptors (Lipinski definition) is 8. The second kappa shape index (κ2) is 8.08. The molecule has 7 nitrogen and oxygen atoms in total. The van der Waals surface area contributed by atoms with E-state index in [-0.39, 0.29) is 12.1 Å². The molecule has 0 aliphatic carbocycles. The second-order valence-corrected chi connectivity index (χ2v) is 8.16. The molecule has 2 aliphatic heterocycles. The summed E-state index contributed by atoms with van der Waals surface area (Å²) in [5, 5.41) is 4.33. The Hall–Kier alpha value is -1.77. The Morgan fingerprint density at radius 1 is 1.44 bits per heavy atom. The van der Waals surface area contributed by atoms with Gasteiger partial charge in [0.15, 0.2) is 0 Å². The molecule has 27 heavy (non-hydrogen) atoms. The van der Waals surface area contributed by atoms with Crippen LogP contribution in [0.3, 0.4) is 0 Å². The zero-order valence-corrected chi connectivity index (χ0v) is 16.7. The summed E-state index contributed by atoms with van der Waals surface area (Å²) in [5.74, 6) is 0.462. The third kappa shape index (κ3) is 3.79. The number of hydrogen-bond donors (Lipinski definition) is 1. The van der Waals surface area contributed by atoms with Crippen LogP contribution in [0.25, 0.3) is 10.2 Å². The molecule has 2 aromatic rings. The average molecular weight is 391 g/mol. The molecule has 0 bridgehead atoms. The maximum absolute atomic E-state index is 12.2. The molecule has 8 heteroatoms. The molecular formula is C19H26N4O3S. The lowest BCUT2D eigenvalue weighted by Gasteiger charge is -2.42. The molecule has 0 spiro atoms. The number of ether oxygens (including phenoxy) is 2. The van der Waals surface area contributed by atoms with Crippen LogP contribution < -0.4 is 5.32 Å². The minimum absolute atomic E-state index is 0.146. The Balaban J connectivity index is 1.48. The van der Waals surface area contributed by atoms with Gasteiger partial charge in [-0.15, -0.1) is 11.3 Å². The summed E-state index contributed by atoms with van der Waals surface area (Å²) in [6, 6.07) is 0.590. The van der Waals surface area contributed by atoms with Crippen molar-refractivity contribution < 1.29 is 14.3 Å². The van der Waals surface area contributed by atoms with E-state index in [1.54, 1.807) is 0 Å². The van der Waals surface area contributed by atoms with Crippen LogP contribution in [0.5, 0.6) is 0 Å². The highest BCUT2D eigenvalue weighted by Crippen LogP contribution is 2.33. The standard InChI is InChI=1S/C19H26N4O3S/c1-3-25-19(24)16-12(2)15-17(21-11-22-18(15)27-16)20-8-14-9-23-7-5-4-6-13(23)10-26-14/h11,13-14H,3-10H2,1-2H3,(H,20,21,22). The maximum Gasteiger partial charge on any atom is 0.348 e. The van der Waals surface area contributed by atoms with Gasteiger partial charge in [-0.2, -0.15) is 0 Å². The number of anilines is 1. The number of nitrogens with one attached hydrogen (secondary N) is 1. The number of rotatable bonds is 5. The number of nitrogens with zero attached hydrogens (tertiary/aromatic N) is 3. The molecule has 2 saturated heterocycles. The van der Waals surface area contributed by atoms with Crippen molar-refractivity contribution in [2.24, 2.45) is 0 Å². The van der Waals surface area contributed by atoms with Gasteiger partial charge >= 0.3 is 5.97 Å². The Kier molecular flexibility index (Phi) is 5.56. The van der Waals surface area contributed by atoms with Crippen molar-refractivity contribution >= 4 is 33.3 Å². The SMILES string of the molecule is CCOC(=O)c1sc2ncnc(NCC3CN4CCCCC4CO3)c2c1C. The Morgan fingerprint density at radius 2 is 2.33 bits per heavy atom. The average Bonchev–Trinajstić information content (AvgIpc) is 3.04. The van der Waals surface area contributed by atoms with Crippen LogP contribution in [0.4, 0.5) is 5.82 Å². The van der Waals surface area contributed by atoms with Gasteiger partial charge < -0.3 is 14.8 Å². The first-order valence-corrected chi connectivity index (χ1v) is 10.5. The molecule has 146 valence electrons. The van der Waals surface area contributed by atoms with Gasteiger partial charge in [-0.05, 0) is 38.8 Å². The summed E-state index contributed by atoms with van der Waals surface area (Å²) in [6.07, 6.45) is 5.53. The Bertz CT molecular complexity index is 825. The van der Waals surface area contributed by atoms with Crippen molar-refractivity contribution in [2.45, 2.75) is 45.3 Å². The van der Waals surface area contributed by atoms with Crippen LogP contribution in [0, 0.1) is 6.92 Å². The number of esters is 1. The molecule has 2 fully saturated rings. The third-order valence-corrected chi connectivity index (χ3v) is 6.58. The normalized spacial score (nSPS) is 23.2. The van der Waals surface area contributed by atoms with Crippen LogP contribution in [-0.4, -0.2) is 65.8 Å². The van der Waals surface area contributed by atoms with Gasteiger partial charge in [-0.1, -0.05) is 6.42 Å². The number of aryl methyl sites for hydroxylation is 1. The van der Waals surface area contributed by atoms with Crippen molar-refractivity contribution in [1.82, 2.24) is 14.9 Å². The predicted molar refractivity (Wildman–Crippen MR) is 106 cm³/mol. The van der Waals surface area contributed by atoms with Gasteiger partial charge in [0.25, 0.3) is 0 Å². The molecule has 2 aromatic heterocycles. The van der Waals surface area contributed by atoms with Gasteiger partial charge in [0, 0.05) is 19.1 Å². The number of carbonyl (C=O) groups is 1. The van der Waals surface area contributed by atoms with E-state index < -0.39 is 0 Å². The summed E-state index contributed by atoms with van der Waals surface area (Å²) in [6.45, 7) is 7.74. The highest BCUT2D eigenvalue weighted by Gasteiger charge is 2.30. The van der Waals surface area contributed by atoms with Gasteiger partial charge in [0.05, 0.1) is 24.7 Å². The quantitative estimate of drug-likeness (QED) is 0.787. The van der Waals surface area contributed by atoms with Crippen LogP contribution >= 0.6 is 11.3 Å². The van der Waals surface area contributed by atoms with E-state index in [9.17, 15) is 4.79 Å². The fourth-order valence-corrected chi connectivity index (χ4v) is 5.02. The van der Waals surface area contributed by atoms with Crippen LogP contribution in [0.1, 0.15) is 41.4 Å². The fourth-order valence-electron chi connectivity index (χ4n) is 3.98. The Labute approximate surface area is 163 Å². The van der Waals surface area contributed by atoms with Crippen molar-refractivity contribution in [3.63, 3.8) is 0 Å². The lowest BCUT2D eigenvalue weighted by molar-refractivity contribution is -0.0689. The highest BCUT2D eigenvalue weighted by molar-refractivity contribution is 7.20. The molecule has 4 heterocycles. The lowest BCUT2D eigenvalue weighted by Crippen LogP contribution is -2.53. The Morgan fingerprint density at radius 3 is 3.19 bits per heavy atom. The van der Waals surface area contributed by atoms with Crippen LogP contribution in [-0.2, 0) is 9.47 Å². The molecule has 0 aromatic carbocycles. The van der Waals surface area contributed by atoms with Gasteiger partial charge in [0.1, 0.15) is 21.9 Å². The number of fused-ring (bicyclic) bond motifs is 2. The van der Waals surface area contributed by atoms with Crippen LogP contribution in [0.2, 0.25) is 0 Å². The number of carbonyl (C=O) groups excluding carboxylic acids is 1. The molecule has 4 rings (SSSR count). The topological polar surface area (TPSA) is 76.6 Å². The minimum atomic E-state index is -0.296. The second-order valence-electron chi connectivity index (χ2n) is 7.16. The largest absolute Gasteiger partial charge is 0.462 e. The molecule has 2 aliphatic rings. The summed E-state index contributed by atoms with van der Waals surface area (Å²) in [4.78, 5) is 24.9. The summed E-state index contributed by atoms with van der Waals surface area (Å²) < 4.78 is 11.2. The zero-order chi connectivity index (χ0) is 18.8. The predicted octanol–water partition coefficient (Wildman–Crippen LogP) is 2.84. The first-order chi connectivity index (χ1) is 13.2. The first-order valence-electron chi connectivity index (χ1n) is 9.68. The number of morpholine rings is 1. The summed E-state index contributed by atoms with van der Waals surface area (Å²) >= 11 is 1.36. The lowest BCUT2D eigenvalue weighted by atomic mass is 10.0. The van der Waals surface area contributed by atoms with Gasteiger partial charge in [-0.3, -0.25) is 4.90 Å². The van der Waals surface area contributed by atoms with E-state index in [4.69, 9.17) is 9.47 Å². The molecular weight excluding hydrogens is 364 g/mol. The summed E-state index contributed by atoms with van der Waals surface area (Å²) in [7, 11) is 0. The fraction of sp³-hybridized carbons (Fsp3) is 0.632. The van der Waals surface area contributed by atoms with Gasteiger partial charge in [0.2, 0.25) is 0 Å². The highest BCUT2D eigenvalue weighted by atomic mass is 32.1. The molecule has 0 amide bonds. The van der Waals surface area contributed by atoms with E-state index in [2.05, 4.69) is 20.2 Å². The van der Waals surface area contributed by atoms with E-state index in [1.165, 1.54) is 43.5 Å². The number of aromatic nitrogens is 2. The number of thiophene rings is 1. The molecule has 0 radical (unpaired) electrons. The maximum atomic E-state index is 12.2. The summed E-state index contributed by atoms with van der Waals surface area (Å²) in [5.41, 5.74) is 0.872. The molecule has 2 unspecified atom stereocenters. The zero-order valence-electron chi connectivity index (χ0n) is 15.9. The van der Waals surface area contributed by atoms with E-state index in [0.717, 1.165) is 34.7 Å². The monoisotopic (exact) mass is 390 g/mol. The molecule has 0 saturated carbocycles. The van der Waals surface area contributed by atoms with E-state index >= 15 is 0 Å². The van der Waals surface area contributed by atoms with Crippen molar-refractivity contribution in [3.05, 3.63) is 16.8 Å². The first kappa shape index (κ1) is 18.6. The van der Waals surface area contributed by atoms with Crippen molar-refractivity contribution in [3.8, 4) is 0 Å². The minimum Gasteiger partial charge on any atom is -0.462 e. The van der Waals surface area contributed by atoms with Crippen LogP contribution in [0.15, 0.2) is 6.33 Å². The van der Waals surface area contributed by atoms with Crippen molar-refractivity contribution in [1.29, 1.82) is 0 Å². The van der Waals surface area contributed by atoms with E-state index in [1.807, 2.05) is 13.8 Å². The molecule has 1 N–H and O–H groups in total. The third-order valence-electron chi connectivity index (χ3n) is 5.40.